The van der Waals surface area contributed by atoms with Crippen LogP contribution in [0.2, 0.25) is 0 Å². The minimum atomic E-state index is 0.279. The normalized spacial score (nSPS) is 21.2. The summed E-state index contributed by atoms with van der Waals surface area (Å²) in [5.74, 6) is 1.61. The second-order valence-electron chi connectivity index (χ2n) is 6.08. The molecule has 2 atom stereocenters. The molecule has 1 heterocycles. The van der Waals surface area contributed by atoms with Crippen LogP contribution in [0, 0.1) is 5.92 Å². The molecule has 0 aliphatic heterocycles. The summed E-state index contributed by atoms with van der Waals surface area (Å²) in [4.78, 5) is 0. The fourth-order valence-electron chi connectivity index (χ4n) is 3.69. The predicted molar refractivity (Wildman–Crippen MR) is 91.8 cm³/mol. The van der Waals surface area contributed by atoms with E-state index in [1.54, 1.807) is 0 Å². The van der Waals surface area contributed by atoms with Gasteiger partial charge in [-0.15, -0.1) is 0 Å². The quantitative estimate of drug-likeness (QED) is 0.880. The lowest BCUT2D eigenvalue weighted by Crippen LogP contribution is -2.24. The van der Waals surface area contributed by atoms with Crippen molar-refractivity contribution >= 4 is 17.0 Å². The van der Waals surface area contributed by atoms with Gasteiger partial charge in [-0.2, -0.15) is 0 Å². The number of hydrogen-bond acceptors (Lipinski definition) is 2. The van der Waals surface area contributed by atoms with E-state index in [9.17, 15) is 0 Å². The first-order chi connectivity index (χ1) is 10.9. The minimum absolute atomic E-state index is 0.279. The van der Waals surface area contributed by atoms with Gasteiger partial charge in [0.1, 0.15) is 11.3 Å². The van der Waals surface area contributed by atoms with Crippen LogP contribution < -0.4 is 5.32 Å². The maximum absolute atomic E-state index is 6.26. The first kappa shape index (κ1) is 13.6. The molecule has 2 unspecified atom stereocenters. The van der Waals surface area contributed by atoms with Gasteiger partial charge in [0.05, 0.1) is 0 Å². The van der Waals surface area contributed by atoms with Crippen molar-refractivity contribution in [1.82, 2.24) is 5.32 Å². The van der Waals surface area contributed by atoms with Crippen LogP contribution in [0.5, 0.6) is 0 Å². The standard InChI is InChI=1S/C20H21NO/c1-21-19(14-8-3-2-4-9-14)17-12-7-11-16-15-10-5-6-13-18(15)22-20(16)17/h2-5,7-8,10-12,14,19,21H,6,9,13H2,1H3. The molecular formula is C20H21NO. The number of allylic oxidation sites excluding steroid dienone is 4. The van der Waals surface area contributed by atoms with Crippen LogP contribution in [0.3, 0.4) is 0 Å². The van der Waals surface area contributed by atoms with Gasteiger partial charge in [0.2, 0.25) is 0 Å². The Hall–Kier alpha value is -2.06. The lowest BCUT2D eigenvalue weighted by Gasteiger charge is -2.25. The van der Waals surface area contributed by atoms with Gasteiger partial charge in [-0.1, -0.05) is 54.7 Å². The second-order valence-corrected chi connectivity index (χ2v) is 6.08. The summed E-state index contributed by atoms with van der Waals surface area (Å²) in [5, 5.41) is 4.75. The van der Waals surface area contributed by atoms with Gasteiger partial charge >= 0.3 is 0 Å². The number of furan rings is 1. The summed E-state index contributed by atoms with van der Waals surface area (Å²) in [6.07, 6.45) is 16.4. The summed E-state index contributed by atoms with van der Waals surface area (Å²) >= 11 is 0. The highest BCUT2D eigenvalue weighted by molar-refractivity contribution is 5.91. The summed E-state index contributed by atoms with van der Waals surface area (Å²) in [5.41, 5.74) is 3.60. The van der Waals surface area contributed by atoms with Crippen molar-refractivity contribution < 1.29 is 4.42 Å². The van der Waals surface area contributed by atoms with E-state index >= 15 is 0 Å². The van der Waals surface area contributed by atoms with Crippen molar-refractivity contribution in [3.05, 3.63) is 65.5 Å². The maximum atomic E-state index is 6.26. The van der Waals surface area contributed by atoms with Crippen LogP contribution in [0.1, 0.15) is 35.8 Å². The Balaban J connectivity index is 1.84. The van der Waals surface area contributed by atoms with E-state index in [1.807, 2.05) is 7.05 Å². The van der Waals surface area contributed by atoms with Gasteiger partial charge < -0.3 is 9.73 Å². The highest BCUT2D eigenvalue weighted by Gasteiger charge is 2.24. The fraction of sp³-hybridized carbons (Fsp3) is 0.300. The fourth-order valence-corrected chi connectivity index (χ4v) is 3.69. The molecule has 112 valence electrons. The Labute approximate surface area is 131 Å². The van der Waals surface area contributed by atoms with Gasteiger partial charge in [-0.05, 0) is 19.9 Å². The smallest absolute Gasteiger partial charge is 0.139 e. The highest BCUT2D eigenvalue weighted by Crippen LogP contribution is 2.37. The van der Waals surface area contributed by atoms with Crippen molar-refractivity contribution in [2.45, 2.75) is 25.3 Å². The Morgan fingerprint density at radius 2 is 2.18 bits per heavy atom. The molecule has 0 bridgehead atoms. The molecule has 2 nitrogen and oxygen atoms in total. The highest BCUT2D eigenvalue weighted by atomic mass is 16.3. The molecule has 2 aliphatic carbocycles. The lowest BCUT2D eigenvalue weighted by atomic mass is 9.87. The van der Waals surface area contributed by atoms with Gasteiger partial charge in [0, 0.05) is 34.9 Å². The second kappa shape index (κ2) is 5.62. The molecule has 0 saturated carbocycles. The average molecular weight is 291 g/mol. The van der Waals surface area contributed by atoms with Crippen LogP contribution in [-0.2, 0) is 6.42 Å². The molecule has 0 fully saturated rings. The molecular weight excluding hydrogens is 270 g/mol. The molecule has 0 saturated heterocycles. The number of aryl methyl sites for hydroxylation is 1. The van der Waals surface area contributed by atoms with Gasteiger partial charge in [-0.25, -0.2) is 0 Å². The summed E-state index contributed by atoms with van der Waals surface area (Å²) in [6.45, 7) is 0. The lowest BCUT2D eigenvalue weighted by molar-refractivity contribution is 0.446. The van der Waals surface area contributed by atoms with Crippen molar-refractivity contribution in [1.29, 1.82) is 0 Å². The number of benzene rings is 1. The molecule has 2 aliphatic rings. The molecule has 1 aromatic carbocycles. The summed E-state index contributed by atoms with van der Waals surface area (Å²) in [6, 6.07) is 6.82. The molecule has 22 heavy (non-hydrogen) atoms. The van der Waals surface area contributed by atoms with Gasteiger partial charge in [0.25, 0.3) is 0 Å². The SMILES string of the molecule is CNC(c1cccc2c3c(oc12)CCC=C3)C1C=CC=CC1. The largest absolute Gasteiger partial charge is 0.460 e. The predicted octanol–water partition coefficient (Wildman–Crippen LogP) is 4.79. The van der Waals surface area contributed by atoms with Gasteiger partial charge in [-0.3, -0.25) is 0 Å². The Morgan fingerprint density at radius 3 is 3.00 bits per heavy atom. The maximum Gasteiger partial charge on any atom is 0.139 e. The van der Waals surface area contributed by atoms with E-state index in [2.05, 4.69) is 60.0 Å². The summed E-state index contributed by atoms with van der Waals surface area (Å²) < 4.78 is 6.26. The van der Waals surface area contributed by atoms with E-state index < -0.39 is 0 Å². The molecule has 2 aromatic rings. The van der Waals surface area contributed by atoms with Crippen LogP contribution in [0.15, 0.2) is 53.0 Å². The van der Waals surface area contributed by atoms with Crippen LogP contribution in [0.4, 0.5) is 0 Å². The zero-order valence-electron chi connectivity index (χ0n) is 12.9. The molecule has 0 spiro atoms. The molecule has 4 rings (SSSR count). The van der Waals surface area contributed by atoms with Gasteiger partial charge in [0.15, 0.2) is 0 Å². The summed E-state index contributed by atoms with van der Waals surface area (Å²) in [7, 11) is 2.04. The minimum Gasteiger partial charge on any atom is -0.460 e. The zero-order valence-corrected chi connectivity index (χ0v) is 12.9. The molecule has 1 N–H and O–H groups in total. The number of fused-ring (bicyclic) bond motifs is 3. The van der Waals surface area contributed by atoms with Crippen LogP contribution >= 0.6 is 0 Å². The Bertz CT molecular complexity index is 778. The van der Waals surface area contributed by atoms with E-state index in [-0.39, 0.29) is 6.04 Å². The number of hydrogen-bond donors (Lipinski definition) is 1. The molecule has 0 amide bonds. The van der Waals surface area contributed by atoms with Crippen molar-refractivity contribution in [2.75, 3.05) is 7.05 Å². The average Bonchev–Trinajstić information content (AvgIpc) is 2.96. The third kappa shape index (κ3) is 2.15. The Morgan fingerprint density at radius 1 is 1.23 bits per heavy atom. The number of nitrogens with one attached hydrogen (secondary N) is 1. The third-order valence-corrected chi connectivity index (χ3v) is 4.77. The third-order valence-electron chi connectivity index (χ3n) is 4.77. The van der Waals surface area contributed by atoms with Crippen molar-refractivity contribution in [2.24, 2.45) is 5.92 Å². The molecule has 0 radical (unpaired) electrons. The first-order valence-electron chi connectivity index (χ1n) is 8.10. The number of rotatable bonds is 3. The first-order valence-corrected chi connectivity index (χ1v) is 8.10. The molecule has 1 aromatic heterocycles. The van der Waals surface area contributed by atoms with E-state index in [4.69, 9.17) is 4.42 Å². The van der Waals surface area contributed by atoms with E-state index in [1.165, 1.54) is 16.5 Å². The zero-order chi connectivity index (χ0) is 14.9. The topological polar surface area (TPSA) is 25.2 Å². The number of para-hydroxylation sites is 1. The van der Waals surface area contributed by atoms with E-state index in [0.717, 1.165) is 30.6 Å². The van der Waals surface area contributed by atoms with Crippen LogP contribution in [0.25, 0.3) is 17.0 Å². The van der Waals surface area contributed by atoms with Crippen LogP contribution in [-0.4, -0.2) is 7.05 Å². The Kier molecular flexibility index (Phi) is 3.47. The molecule has 2 heteroatoms. The van der Waals surface area contributed by atoms with E-state index in [0.29, 0.717) is 5.92 Å². The monoisotopic (exact) mass is 291 g/mol. The van der Waals surface area contributed by atoms with Crippen molar-refractivity contribution in [3.8, 4) is 0 Å². The van der Waals surface area contributed by atoms with Crippen molar-refractivity contribution in [3.63, 3.8) is 0 Å².